The fourth-order valence-corrected chi connectivity index (χ4v) is 4.10. The summed E-state index contributed by atoms with van der Waals surface area (Å²) in [4.78, 5) is 0. The van der Waals surface area contributed by atoms with Crippen LogP contribution in [0, 0.1) is 0 Å². The third-order valence-corrected chi connectivity index (χ3v) is 8.69. The van der Waals surface area contributed by atoms with Crippen LogP contribution in [0.25, 0.3) is 0 Å². The smallest absolute Gasteiger partial charge is 0.0345 e. The van der Waals surface area contributed by atoms with Gasteiger partial charge in [0.05, 0.1) is 0 Å². The Bertz CT molecular complexity index is 73.7. The van der Waals surface area contributed by atoms with Crippen molar-refractivity contribution in [3.63, 3.8) is 0 Å². The maximum absolute atomic E-state index is 2.57. The maximum atomic E-state index is 2.57. The number of hydrogen-bond acceptors (Lipinski definition) is 0. The molecule has 0 nitrogen and oxygen atoms in total. The Kier molecular flexibility index (Phi) is 3.67. The standard InChI is InChI=1S/C5H7I3/c6-3-1-2-4(7)5(3)8/h3-5H,1-2H2. The second kappa shape index (κ2) is 3.54. The van der Waals surface area contributed by atoms with Crippen LogP contribution in [0.3, 0.4) is 0 Å². The lowest BCUT2D eigenvalue weighted by molar-refractivity contribution is 0.926. The van der Waals surface area contributed by atoms with Crippen LogP contribution in [0.2, 0.25) is 0 Å². The van der Waals surface area contributed by atoms with E-state index >= 15 is 0 Å². The molecule has 0 radical (unpaired) electrons. The Morgan fingerprint density at radius 3 is 1.38 bits per heavy atom. The van der Waals surface area contributed by atoms with Gasteiger partial charge >= 0.3 is 0 Å². The normalized spacial score (nSPS) is 47.6. The van der Waals surface area contributed by atoms with E-state index in [0.29, 0.717) is 0 Å². The topological polar surface area (TPSA) is 0 Å². The van der Waals surface area contributed by atoms with Crippen molar-refractivity contribution >= 4 is 67.8 Å². The van der Waals surface area contributed by atoms with Crippen LogP contribution in [0.4, 0.5) is 0 Å². The first kappa shape index (κ1) is 8.29. The van der Waals surface area contributed by atoms with Crippen molar-refractivity contribution in [2.45, 2.75) is 24.6 Å². The van der Waals surface area contributed by atoms with Crippen molar-refractivity contribution < 1.29 is 0 Å². The summed E-state index contributed by atoms with van der Waals surface area (Å²) in [6.07, 6.45) is 2.86. The minimum Gasteiger partial charge on any atom is -0.0814 e. The highest BCUT2D eigenvalue weighted by molar-refractivity contribution is 14.1. The third kappa shape index (κ3) is 1.83. The monoisotopic (exact) mass is 448 g/mol. The van der Waals surface area contributed by atoms with E-state index in [1.807, 2.05) is 0 Å². The van der Waals surface area contributed by atoms with E-state index in [-0.39, 0.29) is 0 Å². The quantitative estimate of drug-likeness (QED) is 0.395. The van der Waals surface area contributed by atoms with Crippen molar-refractivity contribution in [3.05, 3.63) is 0 Å². The maximum Gasteiger partial charge on any atom is 0.0345 e. The van der Waals surface area contributed by atoms with Gasteiger partial charge in [0.15, 0.2) is 0 Å². The average Bonchev–Trinajstić information content (AvgIpc) is 1.98. The molecule has 0 aromatic heterocycles. The molecule has 0 amide bonds. The van der Waals surface area contributed by atoms with Crippen molar-refractivity contribution in [2.75, 3.05) is 0 Å². The van der Waals surface area contributed by atoms with Crippen LogP contribution < -0.4 is 0 Å². The van der Waals surface area contributed by atoms with Gasteiger partial charge in [-0.05, 0) is 12.8 Å². The lowest BCUT2D eigenvalue weighted by Crippen LogP contribution is -2.11. The SMILES string of the molecule is IC1CCC(I)C1I. The number of alkyl halides is 3. The molecule has 0 heterocycles. The van der Waals surface area contributed by atoms with Gasteiger partial charge in [-0.25, -0.2) is 0 Å². The molecule has 0 aromatic rings. The van der Waals surface area contributed by atoms with Crippen molar-refractivity contribution in [3.8, 4) is 0 Å². The average molecular weight is 448 g/mol. The van der Waals surface area contributed by atoms with Gasteiger partial charge in [-0.15, -0.1) is 0 Å². The molecular formula is C5H7I3. The molecule has 0 spiro atoms. The lowest BCUT2D eigenvalue weighted by Gasteiger charge is -2.06. The van der Waals surface area contributed by atoms with Gasteiger partial charge in [0.1, 0.15) is 0 Å². The minimum atomic E-state index is 0.925. The molecule has 8 heavy (non-hydrogen) atoms. The number of rotatable bonds is 0. The molecule has 1 fully saturated rings. The Balaban J connectivity index is 2.44. The molecule has 48 valence electrons. The number of hydrogen-bond donors (Lipinski definition) is 0. The lowest BCUT2D eigenvalue weighted by atomic mass is 10.4. The summed E-state index contributed by atoms with van der Waals surface area (Å²) in [6.45, 7) is 0. The zero-order valence-corrected chi connectivity index (χ0v) is 10.8. The molecule has 1 rings (SSSR count). The first-order chi connectivity index (χ1) is 3.72. The van der Waals surface area contributed by atoms with E-state index in [1.165, 1.54) is 12.8 Å². The highest BCUT2D eigenvalue weighted by atomic mass is 127. The molecule has 1 aliphatic rings. The molecule has 0 bridgehead atoms. The molecule has 1 saturated carbocycles. The Morgan fingerprint density at radius 1 is 0.875 bits per heavy atom. The summed E-state index contributed by atoms with van der Waals surface area (Å²) >= 11 is 7.69. The number of halogens is 3. The van der Waals surface area contributed by atoms with E-state index in [9.17, 15) is 0 Å². The fraction of sp³-hybridized carbons (Fsp3) is 1.00. The van der Waals surface area contributed by atoms with E-state index in [4.69, 9.17) is 0 Å². The summed E-state index contributed by atoms with van der Waals surface area (Å²) in [5.41, 5.74) is 0. The molecule has 2 atom stereocenters. The van der Waals surface area contributed by atoms with Crippen LogP contribution in [0.5, 0.6) is 0 Å². The molecule has 3 heteroatoms. The van der Waals surface area contributed by atoms with Crippen molar-refractivity contribution in [2.24, 2.45) is 0 Å². The Morgan fingerprint density at radius 2 is 1.25 bits per heavy atom. The van der Waals surface area contributed by atoms with E-state index in [2.05, 4.69) is 67.8 Å². The summed E-state index contributed by atoms with van der Waals surface area (Å²) < 4.78 is 2.80. The predicted octanol–water partition coefficient (Wildman–Crippen LogP) is 3.19. The van der Waals surface area contributed by atoms with Crippen molar-refractivity contribution in [1.82, 2.24) is 0 Å². The van der Waals surface area contributed by atoms with Crippen LogP contribution in [0.1, 0.15) is 12.8 Å². The summed E-state index contributed by atoms with van der Waals surface area (Å²) in [7, 11) is 0. The molecule has 0 aliphatic heterocycles. The summed E-state index contributed by atoms with van der Waals surface area (Å²) in [5.74, 6) is 0. The highest BCUT2D eigenvalue weighted by Gasteiger charge is 2.29. The fourth-order valence-electron chi connectivity index (χ4n) is 0.863. The van der Waals surface area contributed by atoms with Crippen LogP contribution in [-0.2, 0) is 0 Å². The summed E-state index contributed by atoms with van der Waals surface area (Å²) in [6, 6.07) is 0. The first-order valence-electron chi connectivity index (χ1n) is 2.64. The molecular weight excluding hydrogens is 441 g/mol. The zero-order chi connectivity index (χ0) is 6.15. The highest BCUT2D eigenvalue weighted by Crippen LogP contribution is 2.36. The van der Waals surface area contributed by atoms with Crippen LogP contribution in [0.15, 0.2) is 0 Å². The van der Waals surface area contributed by atoms with Crippen molar-refractivity contribution in [1.29, 1.82) is 0 Å². The third-order valence-electron chi connectivity index (χ3n) is 1.41. The molecule has 0 aromatic carbocycles. The first-order valence-corrected chi connectivity index (χ1v) is 6.37. The predicted molar refractivity (Wildman–Crippen MR) is 62.7 cm³/mol. The Hall–Kier alpha value is 2.19. The molecule has 0 N–H and O–H groups in total. The van der Waals surface area contributed by atoms with Gasteiger partial charge in [0.25, 0.3) is 0 Å². The zero-order valence-electron chi connectivity index (χ0n) is 4.28. The largest absolute Gasteiger partial charge is 0.0814 e. The van der Waals surface area contributed by atoms with Gasteiger partial charge in [-0.1, -0.05) is 67.8 Å². The van der Waals surface area contributed by atoms with Gasteiger partial charge in [0, 0.05) is 11.8 Å². The Labute approximate surface area is 91.0 Å². The minimum absolute atomic E-state index is 0.925. The van der Waals surface area contributed by atoms with Gasteiger partial charge in [-0.2, -0.15) is 0 Å². The molecule has 0 saturated heterocycles. The van der Waals surface area contributed by atoms with Crippen LogP contribution in [-0.4, -0.2) is 11.8 Å². The van der Waals surface area contributed by atoms with Gasteiger partial charge in [0.2, 0.25) is 0 Å². The van der Waals surface area contributed by atoms with E-state index in [0.717, 1.165) is 11.8 Å². The van der Waals surface area contributed by atoms with Gasteiger partial charge in [-0.3, -0.25) is 0 Å². The summed E-state index contributed by atoms with van der Waals surface area (Å²) in [5, 5.41) is 0. The molecule has 1 aliphatic carbocycles. The second-order valence-electron chi connectivity index (χ2n) is 2.05. The van der Waals surface area contributed by atoms with E-state index in [1.54, 1.807) is 0 Å². The molecule has 2 unspecified atom stereocenters. The van der Waals surface area contributed by atoms with E-state index < -0.39 is 0 Å². The second-order valence-corrected chi connectivity index (χ2v) is 6.69. The van der Waals surface area contributed by atoms with Gasteiger partial charge < -0.3 is 0 Å². The van der Waals surface area contributed by atoms with Crippen LogP contribution >= 0.6 is 67.8 Å².